The van der Waals surface area contributed by atoms with Crippen LogP contribution in [0.5, 0.6) is 5.75 Å². The molecule has 2 aromatic rings. The van der Waals surface area contributed by atoms with Crippen LogP contribution >= 0.6 is 11.6 Å². The molecule has 20 heavy (non-hydrogen) atoms. The average molecular weight is 294 g/mol. The van der Waals surface area contributed by atoms with Gasteiger partial charge in [0.25, 0.3) is 0 Å². The van der Waals surface area contributed by atoms with E-state index in [-0.39, 0.29) is 12.4 Å². The second-order valence-electron chi connectivity index (χ2n) is 4.79. The minimum atomic E-state index is -0.320. The van der Waals surface area contributed by atoms with Crippen molar-refractivity contribution in [3.63, 3.8) is 0 Å². The molecule has 2 rings (SSSR count). The highest BCUT2D eigenvalue weighted by atomic mass is 35.5. The first-order valence-corrected chi connectivity index (χ1v) is 6.76. The van der Waals surface area contributed by atoms with Crippen molar-refractivity contribution in [2.24, 2.45) is 5.73 Å². The van der Waals surface area contributed by atoms with Crippen molar-refractivity contribution in [2.75, 3.05) is 0 Å². The van der Waals surface area contributed by atoms with Gasteiger partial charge in [0.15, 0.2) is 0 Å². The molecule has 0 aliphatic heterocycles. The van der Waals surface area contributed by atoms with Gasteiger partial charge in [-0.2, -0.15) is 0 Å². The summed E-state index contributed by atoms with van der Waals surface area (Å²) in [5.41, 5.74) is 9.36. The van der Waals surface area contributed by atoms with E-state index in [0.29, 0.717) is 17.1 Å². The van der Waals surface area contributed by atoms with E-state index in [2.05, 4.69) is 0 Å². The Morgan fingerprint density at radius 2 is 1.80 bits per heavy atom. The van der Waals surface area contributed by atoms with Crippen molar-refractivity contribution in [2.45, 2.75) is 27.0 Å². The summed E-state index contributed by atoms with van der Waals surface area (Å²) in [7, 11) is 0. The van der Waals surface area contributed by atoms with Crippen LogP contribution in [0.15, 0.2) is 30.3 Å². The molecule has 0 unspecified atom stereocenters. The first kappa shape index (κ1) is 14.8. The third-order valence-electron chi connectivity index (χ3n) is 3.14. The highest BCUT2D eigenvalue weighted by Gasteiger charge is 2.08. The first-order valence-electron chi connectivity index (χ1n) is 6.38. The molecular formula is C16H17ClFNO. The van der Waals surface area contributed by atoms with E-state index in [1.165, 1.54) is 18.2 Å². The maximum atomic E-state index is 13.2. The molecule has 0 amide bonds. The molecule has 2 nitrogen and oxygen atoms in total. The normalized spacial score (nSPS) is 10.7. The molecule has 2 N–H and O–H groups in total. The van der Waals surface area contributed by atoms with Gasteiger partial charge in [-0.05, 0) is 48.7 Å². The smallest absolute Gasteiger partial charge is 0.125 e. The van der Waals surface area contributed by atoms with Gasteiger partial charge in [0.1, 0.15) is 18.2 Å². The van der Waals surface area contributed by atoms with Crippen molar-refractivity contribution in [3.05, 3.63) is 63.4 Å². The standard InChI is InChI=1S/C16H17ClFNO/c1-10-5-12(8-19)6-11(2)16(10)20-9-13-7-14(18)3-4-15(13)17/h3-7H,8-9,19H2,1-2H3. The Balaban J connectivity index is 2.21. The van der Waals surface area contributed by atoms with Crippen molar-refractivity contribution in [1.82, 2.24) is 0 Å². The Labute approximate surface area is 123 Å². The first-order chi connectivity index (χ1) is 9.51. The number of benzene rings is 2. The van der Waals surface area contributed by atoms with E-state index >= 15 is 0 Å². The highest BCUT2D eigenvalue weighted by Crippen LogP contribution is 2.27. The minimum Gasteiger partial charge on any atom is -0.488 e. The van der Waals surface area contributed by atoms with E-state index in [1.54, 1.807) is 0 Å². The largest absolute Gasteiger partial charge is 0.488 e. The summed E-state index contributed by atoms with van der Waals surface area (Å²) in [6, 6.07) is 8.25. The quantitative estimate of drug-likeness (QED) is 0.920. The van der Waals surface area contributed by atoms with Crippen molar-refractivity contribution in [3.8, 4) is 5.75 Å². The topological polar surface area (TPSA) is 35.2 Å². The molecule has 0 saturated heterocycles. The fourth-order valence-corrected chi connectivity index (χ4v) is 2.36. The van der Waals surface area contributed by atoms with Gasteiger partial charge in [0.05, 0.1) is 0 Å². The zero-order chi connectivity index (χ0) is 14.7. The molecular weight excluding hydrogens is 277 g/mol. The number of nitrogens with two attached hydrogens (primary N) is 1. The van der Waals surface area contributed by atoms with Crippen LogP contribution in [-0.4, -0.2) is 0 Å². The highest BCUT2D eigenvalue weighted by molar-refractivity contribution is 6.31. The van der Waals surface area contributed by atoms with E-state index in [1.807, 2.05) is 26.0 Å². The van der Waals surface area contributed by atoms with Crippen LogP contribution in [-0.2, 0) is 13.2 Å². The van der Waals surface area contributed by atoms with Crippen molar-refractivity contribution < 1.29 is 9.13 Å². The Morgan fingerprint density at radius 3 is 2.40 bits per heavy atom. The molecule has 106 valence electrons. The van der Waals surface area contributed by atoms with Crippen LogP contribution in [0.4, 0.5) is 4.39 Å². The zero-order valence-electron chi connectivity index (χ0n) is 11.5. The molecule has 0 radical (unpaired) electrons. The Morgan fingerprint density at radius 1 is 1.15 bits per heavy atom. The van der Waals surface area contributed by atoms with Gasteiger partial charge in [-0.3, -0.25) is 0 Å². The molecule has 0 aliphatic carbocycles. The fraction of sp³-hybridized carbons (Fsp3) is 0.250. The van der Waals surface area contributed by atoms with E-state index in [9.17, 15) is 4.39 Å². The monoisotopic (exact) mass is 293 g/mol. The number of aryl methyl sites for hydroxylation is 2. The van der Waals surface area contributed by atoms with Crippen LogP contribution in [0.2, 0.25) is 5.02 Å². The lowest BCUT2D eigenvalue weighted by Crippen LogP contribution is -2.03. The summed E-state index contributed by atoms with van der Waals surface area (Å²) in [5, 5.41) is 0.500. The number of ether oxygens (including phenoxy) is 1. The van der Waals surface area contributed by atoms with Crippen LogP contribution in [0.3, 0.4) is 0 Å². The molecule has 0 atom stereocenters. The molecule has 0 fully saturated rings. The number of hydrogen-bond acceptors (Lipinski definition) is 2. The van der Waals surface area contributed by atoms with Gasteiger partial charge in [0, 0.05) is 17.1 Å². The van der Waals surface area contributed by atoms with E-state index < -0.39 is 0 Å². The Kier molecular flexibility index (Phi) is 4.63. The third-order valence-corrected chi connectivity index (χ3v) is 3.50. The molecule has 4 heteroatoms. The predicted molar refractivity (Wildman–Crippen MR) is 79.5 cm³/mol. The summed E-state index contributed by atoms with van der Waals surface area (Å²) in [6.45, 7) is 4.67. The second-order valence-corrected chi connectivity index (χ2v) is 5.19. The molecule has 0 aromatic heterocycles. The fourth-order valence-electron chi connectivity index (χ4n) is 2.19. The minimum absolute atomic E-state index is 0.236. The molecule has 2 aromatic carbocycles. The van der Waals surface area contributed by atoms with Crippen LogP contribution in [0.1, 0.15) is 22.3 Å². The molecule has 0 saturated carbocycles. The third kappa shape index (κ3) is 3.30. The van der Waals surface area contributed by atoms with E-state index in [0.717, 1.165) is 22.4 Å². The van der Waals surface area contributed by atoms with Gasteiger partial charge >= 0.3 is 0 Å². The number of rotatable bonds is 4. The zero-order valence-corrected chi connectivity index (χ0v) is 12.3. The molecule has 0 bridgehead atoms. The summed E-state index contributed by atoms with van der Waals surface area (Å²) in [5.74, 6) is 0.474. The Bertz CT molecular complexity index is 605. The van der Waals surface area contributed by atoms with Gasteiger partial charge in [0.2, 0.25) is 0 Å². The van der Waals surface area contributed by atoms with Gasteiger partial charge in [-0.1, -0.05) is 23.7 Å². The second kappa shape index (κ2) is 6.25. The molecule has 0 aliphatic rings. The van der Waals surface area contributed by atoms with Gasteiger partial charge in [-0.25, -0.2) is 4.39 Å². The van der Waals surface area contributed by atoms with Crippen molar-refractivity contribution in [1.29, 1.82) is 0 Å². The lowest BCUT2D eigenvalue weighted by molar-refractivity contribution is 0.301. The summed E-state index contributed by atoms with van der Waals surface area (Å²) in [6.07, 6.45) is 0. The van der Waals surface area contributed by atoms with Crippen LogP contribution in [0, 0.1) is 19.7 Å². The number of hydrogen-bond donors (Lipinski definition) is 1. The van der Waals surface area contributed by atoms with E-state index in [4.69, 9.17) is 22.1 Å². The average Bonchev–Trinajstić information content (AvgIpc) is 2.41. The van der Waals surface area contributed by atoms with Crippen molar-refractivity contribution >= 4 is 11.6 Å². The predicted octanol–water partition coefficient (Wildman–Crippen LogP) is 4.13. The molecule has 0 heterocycles. The SMILES string of the molecule is Cc1cc(CN)cc(C)c1OCc1cc(F)ccc1Cl. The summed E-state index contributed by atoms with van der Waals surface area (Å²) in [4.78, 5) is 0. The lowest BCUT2D eigenvalue weighted by Gasteiger charge is -2.14. The summed E-state index contributed by atoms with van der Waals surface area (Å²) >= 11 is 6.03. The molecule has 0 spiro atoms. The van der Waals surface area contributed by atoms with Crippen LogP contribution < -0.4 is 10.5 Å². The summed E-state index contributed by atoms with van der Waals surface area (Å²) < 4.78 is 19.0. The maximum absolute atomic E-state index is 13.2. The lowest BCUT2D eigenvalue weighted by atomic mass is 10.1. The number of halogens is 2. The van der Waals surface area contributed by atoms with Crippen LogP contribution in [0.25, 0.3) is 0 Å². The Hall–Kier alpha value is -1.58. The van der Waals surface area contributed by atoms with Gasteiger partial charge in [-0.15, -0.1) is 0 Å². The maximum Gasteiger partial charge on any atom is 0.125 e. The van der Waals surface area contributed by atoms with Gasteiger partial charge < -0.3 is 10.5 Å².